The van der Waals surface area contributed by atoms with Crippen LogP contribution in [0.2, 0.25) is 0 Å². The number of benzene rings is 1. The maximum atomic E-state index is 8.81. The van der Waals surface area contributed by atoms with Crippen LogP contribution < -0.4 is 21.7 Å². The first-order chi connectivity index (χ1) is 12.9. The van der Waals surface area contributed by atoms with E-state index in [0.29, 0.717) is 12.6 Å². The molecule has 0 aliphatic carbocycles. The third-order valence-electron chi connectivity index (χ3n) is 3.67. The van der Waals surface area contributed by atoms with Crippen LogP contribution in [-0.2, 0) is 11.2 Å². The summed E-state index contributed by atoms with van der Waals surface area (Å²) in [6, 6.07) is 8.59. The SMILES string of the molecule is CC=O.CN.Cc1ncc(Nc2cccc(CCN)c2)nc1N(C)C(C)C. The summed E-state index contributed by atoms with van der Waals surface area (Å²) >= 11 is 0. The zero-order valence-corrected chi connectivity index (χ0v) is 17.4. The first kappa shape index (κ1) is 24.5. The van der Waals surface area contributed by atoms with Gasteiger partial charge in [0.1, 0.15) is 6.29 Å². The molecule has 27 heavy (non-hydrogen) atoms. The highest BCUT2D eigenvalue weighted by Crippen LogP contribution is 2.21. The van der Waals surface area contributed by atoms with Crippen molar-refractivity contribution in [1.82, 2.24) is 9.97 Å². The van der Waals surface area contributed by atoms with Crippen molar-refractivity contribution in [3.8, 4) is 0 Å². The lowest BCUT2D eigenvalue weighted by atomic mass is 10.1. The molecule has 0 saturated heterocycles. The van der Waals surface area contributed by atoms with Crippen molar-refractivity contribution in [3.63, 3.8) is 0 Å². The lowest BCUT2D eigenvalue weighted by molar-refractivity contribution is -0.106. The van der Waals surface area contributed by atoms with E-state index in [9.17, 15) is 0 Å². The second kappa shape index (κ2) is 13.7. The van der Waals surface area contributed by atoms with Gasteiger partial charge in [-0.2, -0.15) is 0 Å². The summed E-state index contributed by atoms with van der Waals surface area (Å²) in [7, 11) is 3.54. The summed E-state index contributed by atoms with van der Waals surface area (Å²) in [5.41, 5.74) is 13.3. The molecule has 1 aromatic carbocycles. The smallest absolute Gasteiger partial charge is 0.152 e. The van der Waals surface area contributed by atoms with E-state index in [4.69, 9.17) is 15.5 Å². The Morgan fingerprint density at radius 2 is 1.93 bits per heavy atom. The number of rotatable bonds is 6. The second-order valence-electron chi connectivity index (χ2n) is 5.97. The highest BCUT2D eigenvalue weighted by atomic mass is 16.1. The van der Waals surface area contributed by atoms with Crippen molar-refractivity contribution < 1.29 is 4.79 Å². The summed E-state index contributed by atoms with van der Waals surface area (Å²) in [5, 5.41) is 3.32. The number of aromatic nitrogens is 2. The minimum atomic E-state index is 0.371. The van der Waals surface area contributed by atoms with Crippen LogP contribution in [-0.4, -0.2) is 42.9 Å². The van der Waals surface area contributed by atoms with Crippen molar-refractivity contribution in [2.24, 2.45) is 11.5 Å². The monoisotopic (exact) mass is 374 g/mol. The summed E-state index contributed by atoms with van der Waals surface area (Å²) in [4.78, 5) is 20.1. The molecular weight excluding hydrogens is 340 g/mol. The molecular formula is C20H34N6O. The topological polar surface area (TPSA) is 110 Å². The van der Waals surface area contributed by atoms with E-state index in [1.54, 1.807) is 6.20 Å². The predicted molar refractivity (Wildman–Crippen MR) is 115 cm³/mol. The van der Waals surface area contributed by atoms with Gasteiger partial charge in [0.25, 0.3) is 0 Å². The van der Waals surface area contributed by atoms with E-state index in [-0.39, 0.29) is 0 Å². The van der Waals surface area contributed by atoms with Gasteiger partial charge >= 0.3 is 0 Å². The fourth-order valence-corrected chi connectivity index (χ4v) is 2.20. The Balaban J connectivity index is 0.00000123. The minimum absolute atomic E-state index is 0.371. The number of nitrogens with zero attached hydrogens (tertiary/aromatic N) is 3. The third-order valence-corrected chi connectivity index (χ3v) is 3.67. The first-order valence-corrected chi connectivity index (χ1v) is 9.02. The van der Waals surface area contributed by atoms with Gasteiger partial charge in [0.15, 0.2) is 11.6 Å². The molecule has 0 radical (unpaired) electrons. The summed E-state index contributed by atoms with van der Waals surface area (Å²) in [6.45, 7) is 8.35. The fraction of sp³-hybridized carbons (Fsp3) is 0.450. The zero-order chi connectivity index (χ0) is 20.8. The highest BCUT2D eigenvalue weighted by molar-refractivity contribution is 5.59. The molecule has 2 rings (SSSR count). The van der Waals surface area contributed by atoms with E-state index in [1.807, 2.05) is 26.1 Å². The molecule has 0 spiro atoms. The molecule has 0 aliphatic heterocycles. The normalized spacial score (nSPS) is 9.52. The van der Waals surface area contributed by atoms with Gasteiger partial charge < -0.3 is 26.5 Å². The van der Waals surface area contributed by atoms with Crippen LogP contribution in [0.4, 0.5) is 17.3 Å². The van der Waals surface area contributed by atoms with Crippen LogP contribution in [0.1, 0.15) is 32.0 Å². The number of hydrogen-bond acceptors (Lipinski definition) is 7. The molecule has 2 aromatic rings. The van der Waals surface area contributed by atoms with E-state index < -0.39 is 0 Å². The van der Waals surface area contributed by atoms with Crippen LogP contribution in [0.5, 0.6) is 0 Å². The average molecular weight is 375 g/mol. The molecule has 0 unspecified atom stereocenters. The van der Waals surface area contributed by atoms with Crippen molar-refractivity contribution in [2.45, 2.75) is 40.2 Å². The van der Waals surface area contributed by atoms with Crippen LogP contribution in [0.25, 0.3) is 0 Å². The molecule has 150 valence electrons. The van der Waals surface area contributed by atoms with Gasteiger partial charge in [0, 0.05) is 18.8 Å². The van der Waals surface area contributed by atoms with Gasteiger partial charge in [-0.1, -0.05) is 12.1 Å². The number of hydrogen-bond donors (Lipinski definition) is 3. The molecule has 1 heterocycles. The quantitative estimate of drug-likeness (QED) is 0.667. The fourth-order valence-electron chi connectivity index (χ4n) is 2.20. The number of aryl methyl sites for hydroxylation is 1. The molecule has 7 nitrogen and oxygen atoms in total. The summed E-state index contributed by atoms with van der Waals surface area (Å²) < 4.78 is 0. The predicted octanol–water partition coefficient (Wildman–Crippen LogP) is 2.65. The lowest BCUT2D eigenvalue weighted by Crippen LogP contribution is -2.27. The third kappa shape index (κ3) is 8.61. The molecule has 7 heteroatoms. The Morgan fingerprint density at radius 3 is 2.48 bits per heavy atom. The molecule has 1 aromatic heterocycles. The van der Waals surface area contributed by atoms with E-state index in [0.717, 1.165) is 35.7 Å². The Kier molecular flexibility index (Phi) is 12.4. The first-order valence-electron chi connectivity index (χ1n) is 9.02. The van der Waals surface area contributed by atoms with Crippen molar-refractivity contribution >= 4 is 23.6 Å². The van der Waals surface area contributed by atoms with Crippen molar-refractivity contribution in [3.05, 3.63) is 41.7 Å². The van der Waals surface area contributed by atoms with Crippen molar-refractivity contribution in [1.29, 1.82) is 0 Å². The van der Waals surface area contributed by atoms with Gasteiger partial charge in [-0.05, 0) is 65.4 Å². The number of aldehydes is 1. The van der Waals surface area contributed by atoms with Gasteiger partial charge in [-0.15, -0.1) is 0 Å². The maximum absolute atomic E-state index is 8.81. The zero-order valence-electron chi connectivity index (χ0n) is 17.4. The number of nitrogens with two attached hydrogens (primary N) is 2. The minimum Gasteiger partial charge on any atom is -0.356 e. The average Bonchev–Trinajstić information content (AvgIpc) is 2.65. The van der Waals surface area contributed by atoms with Crippen LogP contribution in [0, 0.1) is 6.92 Å². The Labute approximate surface area is 163 Å². The Hall–Kier alpha value is -2.51. The largest absolute Gasteiger partial charge is 0.356 e. The van der Waals surface area contributed by atoms with Crippen LogP contribution in [0.15, 0.2) is 30.5 Å². The molecule has 5 N–H and O–H groups in total. The number of nitrogens with one attached hydrogen (secondary N) is 1. The van der Waals surface area contributed by atoms with Gasteiger partial charge in [-0.25, -0.2) is 4.98 Å². The van der Waals surface area contributed by atoms with E-state index >= 15 is 0 Å². The van der Waals surface area contributed by atoms with Crippen LogP contribution >= 0.6 is 0 Å². The van der Waals surface area contributed by atoms with Gasteiger partial charge in [-0.3, -0.25) is 4.98 Å². The molecule has 0 aliphatic rings. The highest BCUT2D eigenvalue weighted by Gasteiger charge is 2.11. The standard InChI is InChI=1S/C17H25N5.C2H4O.CH5N/c1-12(2)22(4)17-13(3)19-11-16(21-17)20-15-7-5-6-14(10-15)8-9-18;1-2-3;1-2/h5-7,10-12H,8-9,18H2,1-4H3,(H,20,21);2H,1H3;2H2,1H3. The van der Waals surface area contributed by atoms with Crippen LogP contribution in [0.3, 0.4) is 0 Å². The van der Waals surface area contributed by atoms with Crippen molar-refractivity contribution in [2.75, 3.05) is 30.9 Å². The Bertz CT molecular complexity index is 675. The number of carbonyl (C=O) groups is 1. The molecule has 0 amide bonds. The molecule has 0 bridgehead atoms. The Morgan fingerprint density at radius 1 is 1.30 bits per heavy atom. The second-order valence-corrected chi connectivity index (χ2v) is 5.97. The summed E-state index contributed by atoms with van der Waals surface area (Å²) in [6.07, 6.45) is 3.39. The number of anilines is 3. The molecule has 0 atom stereocenters. The van der Waals surface area contributed by atoms with E-state index in [2.05, 4.69) is 46.9 Å². The molecule has 0 saturated carbocycles. The lowest BCUT2D eigenvalue weighted by Gasteiger charge is -2.24. The van der Waals surface area contributed by atoms with Gasteiger partial charge in [0.2, 0.25) is 0 Å². The summed E-state index contributed by atoms with van der Waals surface area (Å²) in [5.74, 6) is 1.65. The maximum Gasteiger partial charge on any atom is 0.152 e. The van der Waals surface area contributed by atoms with Gasteiger partial charge in [0.05, 0.1) is 11.9 Å². The van der Waals surface area contributed by atoms with E-state index in [1.165, 1.54) is 19.5 Å². The number of carbonyl (C=O) groups excluding carboxylic acids is 1. The molecule has 0 fully saturated rings.